The van der Waals surface area contributed by atoms with Crippen LogP contribution >= 0.6 is 24.8 Å². The lowest BCUT2D eigenvalue weighted by atomic mass is 10.2. The Balaban J connectivity index is 0.00000242. The second-order valence-corrected chi connectivity index (χ2v) is 5.94. The van der Waals surface area contributed by atoms with Crippen LogP contribution in [0.5, 0.6) is 0 Å². The fraction of sp³-hybridized carbons (Fsp3) is 0.933. The number of β-amino-alcohol motifs (C(OH)–C–C–N with tert-alkyl or cyclic N) is 1. The van der Waals surface area contributed by atoms with E-state index in [9.17, 15) is 9.90 Å². The van der Waals surface area contributed by atoms with Crippen LogP contribution in [-0.4, -0.2) is 84.9 Å². The van der Waals surface area contributed by atoms with E-state index in [4.69, 9.17) is 4.74 Å². The van der Waals surface area contributed by atoms with E-state index in [1.165, 1.54) is 0 Å². The summed E-state index contributed by atoms with van der Waals surface area (Å²) >= 11 is 0. The molecule has 2 fully saturated rings. The van der Waals surface area contributed by atoms with Gasteiger partial charge in [-0.2, -0.15) is 0 Å². The van der Waals surface area contributed by atoms with Crippen LogP contribution in [0, 0.1) is 0 Å². The Morgan fingerprint density at radius 3 is 2.61 bits per heavy atom. The Morgan fingerprint density at radius 2 is 2.04 bits per heavy atom. The lowest BCUT2D eigenvalue weighted by molar-refractivity contribution is -0.132. The first kappa shape index (κ1) is 22.9. The molecular formula is C15H31Cl2N3O3. The van der Waals surface area contributed by atoms with Gasteiger partial charge in [-0.3, -0.25) is 4.79 Å². The Hall–Kier alpha value is -0.110. The third kappa shape index (κ3) is 6.72. The Kier molecular flexibility index (Phi) is 11.4. The first-order valence-corrected chi connectivity index (χ1v) is 8.18. The van der Waals surface area contributed by atoms with E-state index >= 15 is 0 Å². The van der Waals surface area contributed by atoms with Crippen LogP contribution in [0.15, 0.2) is 0 Å². The first-order valence-electron chi connectivity index (χ1n) is 8.18. The van der Waals surface area contributed by atoms with Crippen molar-refractivity contribution in [1.29, 1.82) is 0 Å². The summed E-state index contributed by atoms with van der Waals surface area (Å²) in [7, 11) is 0. The number of hydrogen-bond acceptors (Lipinski definition) is 5. The SMILES string of the molecule is CCN(CC)CCOC1CCN(C(=O)C2CC(O)CN2)C1.Cl.Cl. The summed E-state index contributed by atoms with van der Waals surface area (Å²) in [5.74, 6) is 0.112. The normalized spacial score (nSPS) is 27.0. The second-order valence-electron chi connectivity index (χ2n) is 5.94. The second kappa shape index (κ2) is 11.4. The molecule has 2 heterocycles. The Morgan fingerprint density at radius 1 is 1.35 bits per heavy atom. The number of nitrogens with one attached hydrogen (secondary N) is 1. The van der Waals surface area contributed by atoms with E-state index in [0.29, 0.717) is 19.5 Å². The number of ether oxygens (including phenoxy) is 1. The van der Waals surface area contributed by atoms with Gasteiger partial charge >= 0.3 is 0 Å². The average molecular weight is 372 g/mol. The number of amides is 1. The largest absolute Gasteiger partial charge is 0.392 e. The van der Waals surface area contributed by atoms with Gasteiger partial charge < -0.3 is 25.0 Å². The monoisotopic (exact) mass is 371 g/mol. The lowest BCUT2D eigenvalue weighted by Crippen LogP contribution is -2.43. The van der Waals surface area contributed by atoms with Crippen LogP contribution in [0.3, 0.4) is 0 Å². The van der Waals surface area contributed by atoms with Gasteiger partial charge in [0.05, 0.1) is 24.9 Å². The van der Waals surface area contributed by atoms with Crippen LogP contribution in [0.1, 0.15) is 26.7 Å². The van der Waals surface area contributed by atoms with Crippen molar-refractivity contribution in [3.63, 3.8) is 0 Å². The lowest BCUT2D eigenvalue weighted by Gasteiger charge is -2.21. The van der Waals surface area contributed by atoms with E-state index in [0.717, 1.165) is 39.2 Å². The smallest absolute Gasteiger partial charge is 0.239 e. The third-order valence-electron chi connectivity index (χ3n) is 4.52. The van der Waals surface area contributed by atoms with Gasteiger partial charge in [0, 0.05) is 26.2 Å². The highest BCUT2D eigenvalue weighted by molar-refractivity contribution is 5.85. The maximum Gasteiger partial charge on any atom is 0.239 e. The summed E-state index contributed by atoms with van der Waals surface area (Å²) in [6.45, 7) is 10.1. The van der Waals surface area contributed by atoms with Crippen molar-refractivity contribution in [1.82, 2.24) is 15.1 Å². The summed E-state index contributed by atoms with van der Waals surface area (Å²) in [4.78, 5) is 16.5. The number of nitrogens with zero attached hydrogens (tertiary/aromatic N) is 2. The molecule has 0 aromatic heterocycles. The first-order chi connectivity index (χ1) is 10.1. The van der Waals surface area contributed by atoms with Crippen molar-refractivity contribution in [2.75, 3.05) is 45.9 Å². The van der Waals surface area contributed by atoms with Crippen molar-refractivity contribution >= 4 is 30.7 Å². The number of aliphatic hydroxyl groups excluding tert-OH is 1. The number of halogens is 2. The molecule has 2 rings (SSSR count). The van der Waals surface area contributed by atoms with Crippen LogP contribution in [0.25, 0.3) is 0 Å². The molecule has 2 N–H and O–H groups in total. The highest BCUT2D eigenvalue weighted by Crippen LogP contribution is 2.17. The highest BCUT2D eigenvalue weighted by atomic mass is 35.5. The van der Waals surface area contributed by atoms with Gasteiger partial charge in [0.25, 0.3) is 0 Å². The van der Waals surface area contributed by atoms with Gasteiger partial charge in [0.15, 0.2) is 0 Å². The number of hydrogen-bond donors (Lipinski definition) is 2. The molecule has 8 heteroatoms. The molecule has 3 unspecified atom stereocenters. The molecule has 0 radical (unpaired) electrons. The maximum atomic E-state index is 12.3. The zero-order valence-electron chi connectivity index (χ0n) is 14.1. The minimum absolute atomic E-state index is 0. The van der Waals surface area contributed by atoms with Crippen LogP contribution < -0.4 is 5.32 Å². The molecule has 6 nitrogen and oxygen atoms in total. The summed E-state index contributed by atoms with van der Waals surface area (Å²) in [6.07, 6.45) is 1.22. The predicted octanol–water partition coefficient (Wildman–Crippen LogP) is 0.512. The fourth-order valence-electron chi connectivity index (χ4n) is 3.08. The molecular weight excluding hydrogens is 341 g/mol. The van der Waals surface area contributed by atoms with Crippen molar-refractivity contribution < 1.29 is 14.6 Å². The van der Waals surface area contributed by atoms with Gasteiger partial charge in [0.2, 0.25) is 5.91 Å². The van der Waals surface area contributed by atoms with Crippen LogP contribution in [-0.2, 0) is 9.53 Å². The van der Waals surface area contributed by atoms with E-state index in [1.54, 1.807) is 0 Å². The molecule has 0 aromatic carbocycles. The maximum absolute atomic E-state index is 12.3. The highest BCUT2D eigenvalue weighted by Gasteiger charge is 2.34. The number of carbonyl (C=O) groups is 1. The molecule has 1 amide bonds. The summed E-state index contributed by atoms with van der Waals surface area (Å²) in [5.41, 5.74) is 0. The van der Waals surface area contributed by atoms with E-state index in [1.807, 2.05) is 4.90 Å². The third-order valence-corrected chi connectivity index (χ3v) is 4.52. The minimum Gasteiger partial charge on any atom is -0.392 e. The average Bonchev–Trinajstić information content (AvgIpc) is 3.12. The minimum atomic E-state index is -0.386. The predicted molar refractivity (Wildman–Crippen MR) is 95.6 cm³/mol. The molecule has 0 bridgehead atoms. The Bertz CT molecular complexity index is 346. The quantitative estimate of drug-likeness (QED) is 0.682. The van der Waals surface area contributed by atoms with Gasteiger partial charge in [-0.25, -0.2) is 0 Å². The van der Waals surface area contributed by atoms with E-state index < -0.39 is 0 Å². The number of aliphatic hydroxyl groups is 1. The topological polar surface area (TPSA) is 65.0 Å². The van der Waals surface area contributed by atoms with E-state index in [-0.39, 0.29) is 49.0 Å². The van der Waals surface area contributed by atoms with Crippen molar-refractivity contribution in [2.24, 2.45) is 0 Å². The molecule has 2 aliphatic rings. The molecule has 3 atom stereocenters. The molecule has 0 aliphatic carbocycles. The number of carbonyl (C=O) groups excluding carboxylic acids is 1. The molecule has 2 saturated heterocycles. The molecule has 2 aliphatic heterocycles. The van der Waals surface area contributed by atoms with E-state index in [2.05, 4.69) is 24.1 Å². The fourth-order valence-corrected chi connectivity index (χ4v) is 3.08. The van der Waals surface area contributed by atoms with Gasteiger partial charge in [-0.15, -0.1) is 24.8 Å². The van der Waals surface area contributed by atoms with Crippen molar-refractivity contribution in [3.8, 4) is 0 Å². The number of likely N-dealkylation sites (tertiary alicyclic amines) is 1. The standard InChI is InChI=1S/C15H29N3O3.2ClH/c1-3-17(4-2)7-8-21-13-5-6-18(11-13)15(20)14-9-12(19)10-16-14;;/h12-14,16,19H,3-11H2,1-2H3;2*1H. The summed E-state index contributed by atoms with van der Waals surface area (Å²) in [5, 5.41) is 12.6. The summed E-state index contributed by atoms with van der Waals surface area (Å²) in [6, 6.07) is -0.213. The van der Waals surface area contributed by atoms with Crippen LogP contribution in [0.2, 0.25) is 0 Å². The molecule has 138 valence electrons. The molecule has 0 saturated carbocycles. The molecule has 23 heavy (non-hydrogen) atoms. The number of likely N-dealkylation sites (N-methyl/N-ethyl adjacent to an activating group) is 1. The Labute approximate surface area is 151 Å². The van der Waals surface area contributed by atoms with Crippen LogP contribution in [0.4, 0.5) is 0 Å². The summed E-state index contributed by atoms with van der Waals surface area (Å²) < 4.78 is 5.90. The molecule has 0 spiro atoms. The van der Waals surface area contributed by atoms with Crippen molar-refractivity contribution in [2.45, 2.75) is 44.9 Å². The number of rotatable bonds is 7. The zero-order chi connectivity index (χ0) is 15.2. The van der Waals surface area contributed by atoms with Gasteiger partial charge in [-0.1, -0.05) is 13.8 Å². The van der Waals surface area contributed by atoms with Crippen molar-refractivity contribution in [3.05, 3.63) is 0 Å². The zero-order valence-corrected chi connectivity index (χ0v) is 15.7. The van der Waals surface area contributed by atoms with Gasteiger partial charge in [-0.05, 0) is 25.9 Å². The van der Waals surface area contributed by atoms with Gasteiger partial charge in [0.1, 0.15) is 0 Å². The molecule has 0 aromatic rings.